The Morgan fingerprint density at radius 3 is 2.04 bits per heavy atom. The Labute approximate surface area is 442 Å². The Kier molecular flexibility index (Phi) is 11.7. The van der Waals surface area contributed by atoms with Crippen molar-refractivity contribution in [1.29, 1.82) is 0 Å². The summed E-state index contributed by atoms with van der Waals surface area (Å²) >= 11 is 0. The van der Waals surface area contributed by atoms with E-state index in [1.54, 1.807) is 24.5 Å². The predicted octanol–water partition coefficient (Wildman–Crippen LogP) is 8.53. The third kappa shape index (κ3) is 8.76. The number of pyridine rings is 4. The number of nitrogens with zero attached hydrogens (tertiary/aromatic N) is 13. The van der Waals surface area contributed by atoms with Crippen molar-refractivity contribution in [3.63, 3.8) is 0 Å². The molecule has 5 N–H and O–H groups in total. The van der Waals surface area contributed by atoms with Crippen LogP contribution in [0.2, 0.25) is 0 Å². The number of aromatic amines is 4. The van der Waals surface area contributed by atoms with Crippen molar-refractivity contribution in [3.05, 3.63) is 139 Å². The van der Waals surface area contributed by atoms with Crippen LogP contribution in [-0.2, 0) is 6.54 Å². The van der Waals surface area contributed by atoms with E-state index in [4.69, 9.17) is 30.1 Å². The summed E-state index contributed by atoms with van der Waals surface area (Å²) in [4.78, 5) is 62.9. The second kappa shape index (κ2) is 19.3. The molecular weight excluding hydrogens is 965 g/mol. The van der Waals surface area contributed by atoms with E-state index in [2.05, 4.69) is 123 Å². The van der Waals surface area contributed by atoms with Crippen LogP contribution in [0.1, 0.15) is 40.4 Å². The number of carbonyl (C=O) groups is 1. The Morgan fingerprint density at radius 2 is 1.27 bits per heavy atom. The number of H-pyrrole nitrogens is 4. The van der Waals surface area contributed by atoms with Gasteiger partial charge in [-0.15, -0.1) is 0 Å². The molecule has 19 nitrogen and oxygen atoms in total. The van der Waals surface area contributed by atoms with Gasteiger partial charge in [0.2, 0.25) is 0 Å². The fraction of sp³-hybridized carbons (Fsp3) is 0.259. The average Bonchev–Trinajstić information content (AvgIpc) is 4.35. The first-order chi connectivity index (χ1) is 37.8. The zero-order chi connectivity index (χ0) is 51.6. The summed E-state index contributed by atoms with van der Waals surface area (Å²) in [6.45, 7) is 9.12. The molecule has 1 unspecified atom stereocenters. The van der Waals surface area contributed by atoms with Crippen molar-refractivity contribution in [2.75, 3.05) is 88.1 Å². The van der Waals surface area contributed by atoms with Crippen LogP contribution in [0.15, 0.2) is 122 Å². The molecule has 3 saturated heterocycles. The molecule has 3 fully saturated rings. The number of fused-ring (bicyclic) bond motifs is 4. The first-order valence-corrected chi connectivity index (χ1v) is 26.4. The molecule has 8 aromatic heterocycles. The first kappa shape index (κ1) is 46.6. The van der Waals surface area contributed by atoms with Gasteiger partial charge in [0, 0.05) is 93.2 Å². The Morgan fingerprint density at radius 1 is 0.597 bits per heavy atom. The molecule has 3 aromatic carbocycles. The monoisotopic (exact) mass is 1020 g/mol. The topological polar surface area (TPSA) is 212 Å². The van der Waals surface area contributed by atoms with Crippen molar-refractivity contribution < 1.29 is 4.79 Å². The van der Waals surface area contributed by atoms with E-state index in [1.807, 2.05) is 48.8 Å². The standard InChI is InChI=1S/C58H56N18O/c1-72-20-23-75(24-21-72)46-14-8-12-42-50(46)66-57(65-42)55-53-49(69-71-55)40(28-45(63-53)38-27-39(32-60-31-38)61-58(77)36-10-4-3-5-11-36)48-34-76(25-22-73(48)2)47-15-9-13-43-51(47)67-56(64-43)54-52-44(68-70-54)17-16-41(62-52)37-26-35(29-59-30-37)33-74-18-6-7-19-74/h3-5,8-17,26-32,48H,6-7,18-25,33-34H2,1-2H3,(H,61,77)(H,64,67)(H,65,66)(H,68,70)(H,69,71). The molecule has 0 saturated carbocycles. The highest BCUT2D eigenvalue weighted by Crippen LogP contribution is 2.39. The maximum absolute atomic E-state index is 13.4. The molecule has 3 aliphatic rings. The van der Waals surface area contributed by atoms with Gasteiger partial charge in [-0.3, -0.25) is 34.8 Å². The van der Waals surface area contributed by atoms with Gasteiger partial charge in [-0.2, -0.15) is 10.2 Å². The molecule has 0 bridgehead atoms. The van der Waals surface area contributed by atoms with Gasteiger partial charge in [0.25, 0.3) is 5.91 Å². The second-order valence-corrected chi connectivity index (χ2v) is 20.7. The summed E-state index contributed by atoms with van der Waals surface area (Å²) in [5, 5.41) is 19.5. The van der Waals surface area contributed by atoms with E-state index in [0.29, 0.717) is 52.0 Å². The smallest absolute Gasteiger partial charge is 0.255 e. The van der Waals surface area contributed by atoms with Crippen LogP contribution < -0.4 is 15.1 Å². The molecule has 1 amide bonds. The summed E-state index contributed by atoms with van der Waals surface area (Å²) in [6, 6.07) is 32.0. The summed E-state index contributed by atoms with van der Waals surface area (Å²) in [5.74, 6) is 1.04. The summed E-state index contributed by atoms with van der Waals surface area (Å²) in [7, 11) is 4.34. The van der Waals surface area contributed by atoms with Gasteiger partial charge in [-0.25, -0.2) is 19.9 Å². The van der Waals surface area contributed by atoms with Crippen LogP contribution in [0.5, 0.6) is 0 Å². The minimum atomic E-state index is -0.222. The third-order valence-corrected chi connectivity index (χ3v) is 15.6. The quantitative estimate of drug-likeness (QED) is 0.0822. The van der Waals surface area contributed by atoms with Gasteiger partial charge in [0.15, 0.2) is 23.0 Å². The molecule has 19 heteroatoms. The van der Waals surface area contributed by atoms with Gasteiger partial charge in [-0.1, -0.05) is 30.3 Å². The number of imidazole rings is 2. The lowest BCUT2D eigenvalue weighted by atomic mass is 9.98. The predicted molar refractivity (Wildman–Crippen MR) is 301 cm³/mol. The average molecular weight is 1020 g/mol. The number of carbonyl (C=O) groups excluding carboxylic acids is 1. The van der Waals surface area contributed by atoms with Crippen LogP contribution in [-0.4, -0.2) is 154 Å². The Balaban J connectivity index is 0.820. The molecule has 384 valence electrons. The number of likely N-dealkylation sites (N-methyl/N-ethyl adjacent to an activating group) is 2. The molecule has 77 heavy (non-hydrogen) atoms. The Hall–Kier alpha value is -8.91. The first-order valence-electron chi connectivity index (χ1n) is 26.4. The lowest BCUT2D eigenvalue weighted by Crippen LogP contribution is -2.47. The van der Waals surface area contributed by atoms with E-state index >= 15 is 0 Å². The number of anilines is 3. The van der Waals surface area contributed by atoms with E-state index in [0.717, 1.165) is 131 Å². The molecule has 11 heterocycles. The lowest BCUT2D eigenvalue weighted by molar-refractivity contribution is 0.102. The second-order valence-electron chi connectivity index (χ2n) is 20.7. The highest BCUT2D eigenvalue weighted by molar-refractivity contribution is 6.04. The van der Waals surface area contributed by atoms with Gasteiger partial charge in [0.05, 0.1) is 62.8 Å². The highest BCUT2D eigenvalue weighted by atomic mass is 16.1. The van der Waals surface area contributed by atoms with Gasteiger partial charge in [-0.05, 0) is 112 Å². The number of hydrogen-bond donors (Lipinski definition) is 5. The van der Waals surface area contributed by atoms with Crippen molar-refractivity contribution in [3.8, 4) is 45.6 Å². The number of amides is 1. The van der Waals surface area contributed by atoms with Crippen LogP contribution in [0.4, 0.5) is 17.1 Å². The van der Waals surface area contributed by atoms with Crippen molar-refractivity contribution in [2.24, 2.45) is 0 Å². The number of likely N-dealkylation sites (tertiary alicyclic amines) is 1. The van der Waals surface area contributed by atoms with E-state index in [1.165, 1.54) is 18.4 Å². The minimum Gasteiger partial charge on any atom is -0.367 e. The molecule has 1 atom stereocenters. The number of nitrogens with one attached hydrogen (secondary N) is 5. The number of benzene rings is 3. The van der Waals surface area contributed by atoms with Crippen LogP contribution in [0, 0.1) is 0 Å². The molecular formula is C58H56N18O. The molecule has 3 aliphatic heterocycles. The van der Waals surface area contributed by atoms with E-state index < -0.39 is 0 Å². The molecule has 0 spiro atoms. The van der Waals surface area contributed by atoms with Crippen LogP contribution >= 0.6 is 0 Å². The zero-order valence-corrected chi connectivity index (χ0v) is 42.8. The lowest BCUT2D eigenvalue weighted by Gasteiger charge is -2.41. The number of rotatable bonds is 11. The fourth-order valence-electron chi connectivity index (χ4n) is 11.4. The Bertz CT molecular complexity index is 4000. The number of aromatic nitrogens is 12. The van der Waals surface area contributed by atoms with E-state index in [9.17, 15) is 4.79 Å². The normalized spacial score (nSPS) is 16.9. The van der Waals surface area contributed by atoms with Crippen molar-refractivity contribution >= 4 is 67.1 Å². The molecule has 0 radical (unpaired) electrons. The molecule has 14 rings (SSSR count). The van der Waals surface area contributed by atoms with Crippen LogP contribution in [0.25, 0.3) is 89.7 Å². The zero-order valence-electron chi connectivity index (χ0n) is 42.8. The largest absolute Gasteiger partial charge is 0.367 e. The highest BCUT2D eigenvalue weighted by Gasteiger charge is 2.32. The fourth-order valence-corrected chi connectivity index (χ4v) is 11.4. The summed E-state index contributed by atoms with van der Waals surface area (Å²) < 4.78 is 0. The third-order valence-electron chi connectivity index (χ3n) is 15.6. The maximum atomic E-state index is 13.4. The van der Waals surface area contributed by atoms with Crippen LogP contribution in [0.3, 0.4) is 0 Å². The number of hydrogen-bond acceptors (Lipinski definition) is 14. The van der Waals surface area contributed by atoms with Gasteiger partial charge >= 0.3 is 0 Å². The maximum Gasteiger partial charge on any atom is 0.255 e. The number of para-hydroxylation sites is 2. The van der Waals surface area contributed by atoms with Gasteiger partial charge < -0.3 is 30.0 Å². The molecule has 11 aromatic rings. The summed E-state index contributed by atoms with van der Waals surface area (Å²) in [5.41, 5.74) is 16.6. The number of piperazine rings is 2. The van der Waals surface area contributed by atoms with Crippen molar-refractivity contribution in [1.82, 2.24) is 75.0 Å². The van der Waals surface area contributed by atoms with Crippen molar-refractivity contribution in [2.45, 2.75) is 25.4 Å². The SMILES string of the molecule is CN1CCN(c2cccc3[nH]c(-c4n[nH]c5c(C6CN(c7cccc8[nH]c(-c9n[nH]c%10ccc(-c%11cncc(CN%12CCCC%12)c%11)nc9%10)nc78)CCN6C)cc(-c6cncc(NC(=O)c7ccccc7)c6)nc45)nc23)CC1. The van der Waals surface area contributed by atoms with Gasteiger partial charge in [0.1, 0.15) is 22.1 Å². The molecule has 0 aliphatic carbocycles. The van der Waals surface area contributed by atoms with E-state index in [-0.39, 0.29) is 11.9 Å². The summed E-state index contributed by atoms with van der Waals surface area (Å²) in [6.07, 6.45) is 9.78. The minimum absolute atomic E-state index is 0.121.